The second-order valence-corrected chi connectivity index (χ2v) is 4.75. The minimum Gasteiger partial charge on any atom is -0.493 e. The number of benzene rings is 2. The van der Waals surface area contributed by atoms with E-state index in [1.165, 1.54) is 11.6 Å². The molecule has 1 aliphatic heterocycles. The molecule has 0 aliphatic carbocycles. The highest BCUT2D eigenvalue weighted by molar-refractivity contribution is 6.33. The van der Waals surface area contributed by atoms with Gasteiger partial charge in [-0.05, 0) is 36.1 Å². The van der Waals surface area contributed by atoms with Crippen LogP contribution in [0.25, 0.3) is 11.1 Å². The predicted molar refractivity (Wildman–Crippen MR) is 70.7 cm³/mol. The lowest BCUT2D eigenvalue weighted by molar-refractivity contribution is 0.288. The van der Waals surface area contributed by atoms with E-state index in [4.69, 9.17) is 16.3 Å². The van der Waals surface area contributed by atoms with Gasteiger partial charge in [0, 0.05) is 5.56 Å². The first-order chi connectivity index (χ1) is 8.75. The molecule has 0 saturated heterocycles. The van der Waals surface area contributed by atoms with E-state index in [-0.39, 0.29) is 5.02 Å². The summed E-state index contributed by atoms with van der Waals surface area (Å²) in [5.74, 6) is 0.492. The molecule has 1 nitrogen and oxygen atoms in total. The number of fused-ring (bicyclic) bond motifs is 1. The van der Waals surface area contributed by atoms with Gasteiger partial charge in [0.25, 0.3) is 0 Å². The second kappa shape index (κ2) is 4.62. The minimum atomic E-state index is -0.396. The molecule has 0 saturated carbocycles. The van der Waals surface area contributed by atoms with Crippen molar-refractivity contribution >= 4 is 11.6 Å². The Kier molecular flexibility index (Phi) is 2.96. The quantitative estimate of drug-likeness (QED) is 0.737. The molecule has 0 radical (unpaired) electrons. The Labute approximate surface area is 110 Å². The molecule has 1 aliphatic rings. The summed E-state index contributed by atoms with van der Waals surface area (Å²) in [7, 11) is 0. The summed E-state index contributed by atoms with van der Waals surface area (Å²) in [5, 5.41) is 0.160. The highest BCUT2D eigenvalue weighted by atomic mass is 35.5. The van der Waals surface area contributed by atoms with Gasteiger partial charge in [0.1, 0.15) is 11.6 Å². The molecule has 0 fully saturated rings. The number of halogens is 2. The summed E-state index contributed by atoms with van der Waals surface area (Å²) in [6.45, 7) is 0.743. The molecule has 0 unspecified atom stereocenters. The molecule has 0 atom stereocenters. The lowest BCUT2D eigenvalue weighted by Crippen LogP contribution is -2.08. The summed E-state index contributed by atoms with van der Waals surface area (Å²) < 4.78 is 19.1. The van der Waals surface area contributed by atoms with E-state index in [1.807, 2.05) is 24.3 Å². The molecule has 0 spiro atoms. The Morgan fingerprint density at radius 2 is 2.06 bits per heavy atom. The summed E-state index contributed by atoms with van der Waals surface area (Å²) in [6, 6.07) is 10.8. The molecule has 2 aromatic carbocycles. The van der Waals surface area contributed by atoms with Crippen LogP contribution in [0.15, 0.2) is 36.4 Å². The van der Waals surface area contributed by atoms with Crippen LogP contribution < -0.4 is 4.74 Å². The monoisotopic (exact) mass is 262 g/mol. The van der Waals surface area contributed by atoms with Crippen molar-refractivity contribution in [1.82, 2.24) is 0 Å². The standard InChI is InChI=1S/C15H12ClFO/c16-15-12(4-1-5-13(15)17)11-7-6-10-3-2-8-18-14(10)9-11/h1,4-7,9H,2-3,8H2. The maximum absolute atomic E-state index is 13.4. The second-order valence-electron chi connectivity index (χ2n) is 4.38. The molecule has 92 valence electrons. The summed E-state index contributed by atoms with van der Waals surface area (Å²) in [6.07, 6.45) is 2.08. The fraction of sp³-hybridized carbons (Fsp3) is 0.200. The van der Waals surface area contributed by atoms with Crippen LogP contribution in [-0.4, -0.2) is 6.61 Å². The molecule has 18 heavy (non-hydrogen) atoms. The van der Waals surface area contributed by atoms with Crippen LogP contribution in [0.1, 0.15) is 12.0 Å². The Morgan fingerprint density at radius 1 is 1.17 bits per heavy atom. The molecule has 2 aromatic rings. The van der Waals surface area contributed by atoms with Gasteiger partial charge in [-0.1, -0.05) is 35.9 Å². The molecular weight excluding hydrogens is 251 g/mol. The van der Waals surface area contributed by atoms with E-state index >= 15 is 0 Å². The van der Waals surface area contributed by atoms with Gasteiger partial charge >= 0.3 is 0 Å². The molecular formula is C15H12ClFO. The third-order valence-corrected chi connectivity index (χ3v) is 3.56. The van der Waals surface area contributed by atoms with Gasteiger partial charge in [-0.2, -0.15) is 0 Å². The fourth-order valence-electron chi connectivity index (χ4n) is 2.23. The van der Waals surface area contributed by atoms with Crippen LogP contribution in [0.2, 0.25) is 5.02 Å². The van der Waals surface area contributed by atoms with Crippen molar-refractivity contribution < 1.29 is 9.13 Å². The van der Waals surface area contributed by atoms with Gasteiger partial charge < -0.3 is 4.74 Å². The number of rotatable bonds is 1. The van der Waals surface area contributed by atoms with Crippen molar-refractivity contribution in [3.63, 3.8) is 0 Å². The summed E-state index contributed by atoms with van der Waals surface area (Å²) in [4.78, 5) is 0. The molecule has 3 heteroatoms. The first-order valence-electron chi connectivity index (χ1n) is 5.96. The van der Waals surface area contributed by atoms with Crippen molar-refractivity contribution in [3.05, 3.63) is 52.8 Å². The Morgan fingerprint density at radius 3 is 2.94 bits per heavy atom. The fourth-order valence-corrected chi connectivity index (χ4v) is 2.47. The Hall–Kier alpha value is -1.54. The van der Waals surface area contributed by atoms with Crippen molar-refractivity contribution in [1.29, 1.82) is 0 Å². The zero-order chi connectivity index (χ0) is 12.5. The van der Waals surface area contributed by atoms with Gasteiger partial charge in [0.15, 0.2) is 0 Å². The maximum Gasteiger partial charge on any atom is 0.142 e. The Bertz CT molecular complexity index is 595. The van der Waals surface area contributed by atoms with Gasteiger partial charge in [-0.15, -0.1) is 0 Å². The van der Waals surface area contributed by atoms with Crippen LogP contribution in [0.3, 0.4) is 0 Å². The largest absolute Gasteiger partial charge is 0.493 e. The van der Waals surface area contributed by atoms with Gasteiger partial charge in [-0.3, -0.25) is 0 Å². The molecule has 3 rings (SSSR count). The van der Waals surface area contributed by atoms with E-state index in [2.05, 4.69) is 0 Å². The molecule has 0 bridgehead atoms. The number of hydrogen-bond acceptors (Lipinski definition) is 1. The van der Waals surface area contributed by atoms with Crippen LogP contribution in [0.4, 0.5) is 4.39 Å². The summed E-state index contributed by atoms with van der Waals surface area (Å²) >= 11 is 6.00. The first-order valence-corrected chi connectivity index (χ1v) is 6.33. The first kappa shape index (κ1) is 11.5. The molecule has 0 N–H and O–H groups in total. The highest BCUT2D eigenvalue weighted by Gasteiger charge is 2.13. The Balaban J connectivity index is 2.09. The number of hydrogen-bond donors (Lipinski definition) is 0. The average Bonchev–Trinajstić information content (AvgIpc) is 2.41. The van der Waals surface area contributed by atoms with Gasteiger partial charge in [-0.25, -0.2) is 4.39 Å². The van der Waals surface area contributed by atoms with E-state index < -0.39 is 5.82 Å². The third-order valence-electron chi connectivity index (χ3n) is 3.18. The van der Waals surface area contributed by atoms with Gasteiger partial charge in [0.05, 0.1) is 11.6 Å². The molecule has 1 heterocycles. The molecule has 0 aromatic heterocycles. The van der Waals surface area contributed by atoms with E-state index in [0.717, 1.165) is 30.8 Å². The van der Waals surface area contributed by atoms with Crippen molar-refractivity contribution in [2.24, 2.45) is 0 Å². The highest BCUT2D eigenvalue weighted by Crippen LogP contribution is 2.34. The lowest BCUT2D eigenvalue weighted by Gasteiger charge is -2.18. The van der Waals surface area contributed by atoms with Crippen molar-refractivity contribution in [2.75, 3.05) is 6.61 Å². The number of ether oxygens (including phenoxy) is 1. The zero-order valence-corrected chi connectivity index (χ0v) is 10.5. The topological polar surface area (TPSA) is 9.23 Å². The summed E-state index contributed by atoms with van der Waals surface area (Å²) in [5.41, 5.74) is 2.80. The van der Waals surface area contributed by atoms with Crippen LogP contribution in [0.5, 0.6) is 5.75 Å². The smallest absolute Gasteiger partial charge is 0.142 e. The van der Waals surface area contributed by atoms with Crippen LogP contribution in [-0.2, 0) is 6.42 Å². The van der Waals surface area contributed by atoms with E-state index in [1.54, 1.807) is 6.07 Å². The lowest BCUT2D eigenvalue weighted by atomic mass is 10.00. The van der Waals surface area contributed by atoms with Crippen LogP contribution >= 0.6 is 11.6 Å². The maximum atomic E-state index is 13.4. The van der Waals surface area contributed by atoms with E-state index in [0.29, 0.717) is 5.56 Å². The molecule has 0 amide bonds. The van der Waals surface area contributed by atoms with Crippen molar-refractivity contribution in [3.8, 4) is 16.9 Å². The number of aryl methyl sites for hydroxylation is 1. The van der Waals surface area contributed by atoms with Crippen LogP contribution in [0, 0.1) is 5.82 Å². The predicted octanol–water partition coefficient (Wildman–Crippen LogP) is 4.47. The van der Waals surface area contributed by atoms with E-state index in [9.17, 15) is 4.39 Å². The minimum absolute atomic E-state index is 0.160. The normalized spacial score (nSPS) is 13.9. The van der Waals surface area contributed by atoms with Crippen molar-refractivity contribution in [2.45, 2.75) is 12.8 Å². The SMILES string of the molecule is Fc1cccc(-c2ccc3c(c2)OCCC3)c1Cl. The zero-order valence-electron chi connectivity index (χ0n) is 9.75. The third kappa shape index (κ3) is 1.97. The average molecular weight is 263 g/mol. The van der Waals surface area contributed by atoms with Gasteiger partial charge in [0.2, 0.25) is 0 Å².